The zero-order chi connectivity index (χ0) is 19.9. The van der Waals surface area contributed by atoms with Crippen molar-refractivity contribution in [1.82, 2.24) is 10.4 Å². The molecule has 1 heterocycles. The van der Waals surface area contributed by atoms with Crippen molar-refractivity contribution in [1.29, 1.82) is 0 Å². The number of hydrogen-bond acceptors (Lipinski definition) is 4. The second-order valence-electron chi connectivity index (χ2n) is 5.65. The number of hydrazone groups is 1. The van der Waals surface area contributed by atoms with Crippen molar-refractivity contribution in [3.05, 3.63) is 89.8 Å². The van der Waals surface area contributed by atoms with E-state index >= 15 is 0 Å². The van der Waals surface area contributed by atoms with Crippen LogP contribution in [0.25, 0.3) is 0 Å². The third-order valence-corrected chi connectivity index (χ3v) is 5.51. The Morgan fingerprint density at radius 2 is 1.96 bits per heavy atom. The summed E-state index contributed by atoms with van der Waals surface area (Å²) in [6.07, 6.45) is 3.08. The maximum Gasteiger partial charge on any atom is 0.274 e. The van der Waals surface area contributed by atoms with Gasteiger partial charge < -0.3 is 4.74 Å². The largest absolute Gasteiger partial charge is 0.488 e. The predicted octanol–water partition coefficient (Wildman–Crippen LogP) is 5.29. The number of nitrogens with one attached hydrogen (secondary N) is 1. The van der Waals surface area contributed by atoms with E-state index in [1.807, 2.05) is 30.3 Å². The van der Waals surface area contributed by atoms with Gasteiger partial charge in [0.15, 0.2) is 0 Å². The van der Waals surface area contributed by atoms with E-state index in [1.54, 1.807) is 18.3 Å². The quantitative estimate of drug-likeness (QED) is 0.177. The van der Waals surface area contributed by atoms with E-state index in [-0.39, 0.29) is 10.7 Å². The summed E-state index contributed by atoms with van der Waals surface area (Å²) in [5.74, 6) is 0.379. The van der Waals surface area contributed by atoms with Gasteiger partial charge in [-0.05, 0) is 98.8 Å². The van der Waals surface area contributed by atoms with Crippen molar-refractivity contribution in [3.63, 3.8) is 0 Å². The van der Waals surface area contributed by atoms with Gasteiger partial charge in [-0.1, -0.05) is 23.7 Å². The lowest BCUT2D eigenvalue weighted by atomic mass is 10.2. The van der Waals surface area contributed by atoms with Crippen LogP contribution in [-0.2, 0) is 6.61 Å². The Bertz CT molecular complexity index is 1010. The molecule has 3 rings (SSSR count). The summed E-state index contributed by atoms with van der Waals surface area (Å²) in [5, 5.41) is 4.11. The van der Waals surface area contributed by atoms with Gasteiger partial charge >= 0.3 is 0 Å². The Kier molecular flexibility index (Phi) is 7.63. The van der Waals surface area contributed by atoms with E-state index in [0.717, 1.165) is 20.4 Å². The number of halogens is 3. The third kappa shape index (κ3) is 5.89. The third-order valence-electron chi connectivity index (χ3n) is 3.65. The predicted molar refractivity (Wildman–Crippen MR) is 127 cm³/mol. The van der Waals surface area contributed by atoms with Crippen LogP contribution in [-0.4, -0.2) is 17.1 Å². The Morgan fingerprint density at radius 1 is 1.18 bits per heavy atom. The van der Waals surface area contributed by atoms with E-state index in [9.17, 15) is 4.79 Å². The number of carbonyl (C=O) groups is 1. The number of pyridine rings is 1. The summed E-state index contributed by atoms with van der Waals surface area (Å²) in [5.41, 5.74) is 4.67. The molecule has 0 saturated carbocycles. The topological polar surface area (TPSA) is 63.6 Å². The summed E-state index contributed by atoms with van der Waals surface area (Å²) < 4.78 is 8.03. The number of nitrogens with zero attached hydrogens (tertiary/aromatic N) is 2. The van der Waals surface area contributed by atoms with E-state index in [0.29, 0.717) is 6.61 Å². The van der Waals surface area contributed by atoms with Crippen LogP contribution < -0.4 is 10.2 Å². The number of carbonyl (C=O) groups excluding carboxylic acids is 1. The number of benzene rings is 2. The zero-order valence-electron chi connectivity index (χ0n) is 14.4. The molecular weight excluding hydrogens is 603 g/mol. The molecule has 0 bridgehead atoms. The molecule has 0 spiro atoms. The SMILES string of the molecule is O=C(NN=Cc1ccc(OCc2ccc(I)cc2)c(I)c1)c1cccnc1Cl. The van der Waals surface area contributed by atoms with Gasteiger partial charge in [-0.25, -0.2) is 10.4 Å². The second-order valence-corrected chi connectivity index (χ2v) is 8.41. The van der Waals surface area contributed by atoms with Gasteiger partial charge in [-0.15, -0.1) is 0 Å². The van der Waals surface area contributed by atoms with Gasteiger partial charge in [-0.2, -0.15) is 5.10 Å². The van der Waals surface area contributed by atoms with Gasteiger partial charge in [0.05, 0.1) is 15.3 Å². The molecule has 0 unspecified atom stereocenters. The summed E-state index contributed by atoms with van der Waals surface area (Å²) in [6, 6.07) is 17.1. The monoisotopic (exact) mass is 617 g/mol. The smallest absolute Gasteiger partial charge is 0.274 e. The average Bonchev–Trinajstić information content (AvgIpc) is 2.69. The number of rotatable bonds is 6. The number of aromatic nitrogens is 1. The zero-order valence-corrected chi connectivity index (χ0v) is 19.5. The van der Waals surface area contributed by atoms with Gasteiger partial charge in [0, 0.05) is 9.77 Å². The van der Waals surface area contributed by atoms with Crippen LogP contribution in [0.15, 0.2) is 65.9 Å². The molecule has 1 aromatic heterocycles. The first-order chi connectivity index (χ1) is 13.5. The van der Waals surface area contributed by atoms with Crippen LogP contribution in [0.5, 0.6) is 5.75 Å². The normalized spacial score (nSPS) is 10.8. The summed E-state index contributed by atoms with van der Waals surface area (Å²) in [4.78, 5) is 15.9. The van der Waals surface area contributed by atoms with Crippen LogP contribution in [0.1, 0.15) is 21.5 Å². The minimum absolute atomic E-state index is 0.138. The van der Waals surface area contributed by atoms with Crippen molar-refractivity contribution >= 4 is 68.9 Å². The molecule has 0 aliphatic carbocycles. The van der Waals surface area contributed by atoms with Gasteiger partial charge in [0.2, 0.25) is 0 Å². The molecule has 0 fully saturated rings. The number of ether oxygens (including phenoxy) is 1. The Hall–Kier alpha value is -1.72. The highest BCUT2D eigenvalue weighted by Crippen LogP contribution is 2.23. The van der Waals surface area contributed by atoms with Gasteiger partial charge in [0.1, 0.15) is 17.5 Å². The minimum atomic E-state index is -0.415. The maximum atomic E-state index is 12.0. The minimum Gasteiger partial charge on any atom is -0.488 e. The molecule has 0 atom stereocenters. The standard InChI is InChI=1S/C20H14ClI2N3O2/c21-19-16(2-1-9-24-19)20(27)26-25-11-14-5-8-18(17(23)10-14)28-12-13-3-6-15(22)7-4-13/h1-11H,12H2,(H,26,27). The highest BCUT2D eigenvalue weighted by molar-refractivity contribution is 14.1. The second kappa shape index (κ2) is 10.2. The van der Waals surface area contributed by atoms with Gasteiger partial charge in [-0.3, -0.25) is 4.79 Å². The Labute approximate surface area is 194 Å². The van der Waals surface area contributed by atoms with E-state index in [2.05, 4.69) is 72.8 Å². The maximum absolute atomic E-state index is 12.0. The van der Waals surface area contributed by atoms with E-state index < -0.39 is 5.91 Å². The summed E-state index contributed by atoms with van der Waals surface area (Å²) in [6.45, 7) is 0.502. The molecule has 5 nitrogen and oxygen atoms in total. The van der Waals surface area contributed by atoms with Crippen molar-refractivity contribution in [3.8, 4) is 5.75 Å². The summed E-state index contributed by atoms with van der Waals surface area (Å²) in [7, 11) is 0. The molecule has 1 amide bonds. The molecule has 28 heavy (non-hydrogen) atoms. The molecule has 0 radical (unpaired) electrons. The molecule has 3 aromatic rings. The molecule has 0 aliphatic heterocycles. The van der Waals surface area contributed by atoms with Crippen molar-refractivity contribution in [2.75, 3.05) is 0 Å². The number of amides is 1. The van der Waals surface area contributed by atoms with Crippen LogP contribution in [0.2, 0.25) is 5.15 Å². The average molecular weight is 618 g/mol. The molecular formula is C20H14ClI2N3O2. The molecule has 2 aromatic carbocycles. The van der Waals surface area contributed by atoms with Crippen LogP contribution >= 0.6 is 56.8 Å². The van der Waals surface area contributed by atoms with Crippen molar-refractivity contribution in [2.24, 2.45) is 5.10 Å². The lowest BCUT2D eigenvalue weighted by Crippen LogP contribution is -2.18. The van der Waals surface area contributed by atoms with Crippen molar-refractivity contribution < 1.29 is 9.53 Å². The molecule has 0 saturated heterocycles. The fraction of sp³-hybridized carbons (Fsp3) is 0.0500. The molecule has 1 N–H and O–H groups in total. The van der Waals surface area contributed by atoms with E-state index in [1.165, 1.54) is 9.77 Å². The lowest BCUT2D eigenvalue weighted by Gasteiger charge is -2.09. The van der Waals surface area contributed by atoms with Crippen LogP contribution in [0.3, 0.4) is 0 Å². The summed E-state index contributed by atoms with van der Waals surface area (Å²) >= 11 is 10.4. The first-order valence-corrected chi connectivity index (χ1v) is 10.7. The Morgan fingerprint density at radius 3 is 2.68 bits per heavy atom. The van der Waals surface area contributed by atoms with Crippen molar-refractivity contribution in [2.45, 2.75) is 6.61 Å². The lowest BCUT2D eigenvalue weighted by molar-refractivity contribution is 0.0955. The molecule has 0 aliphatic rings. The molecule has 8 heteroatoms. The first-order valence-electron chi connectivity index (χ1n) is 8.13. The molecule has 142 valence electrons. The van der Waals surface area contributed by atoms with E-state index in [4.69, 9.17) is 16.3 Å². The first kappa shape index (κ1) is 21.0. The van der Waals surface area contributed by atoms with Crippen LogP contribution in [0, 0.1) is 7.14 Å². The van der Waals surface area contributed by atoms with Crippen LogP contribution in [0.4, 0.5) is 0 Å². The highest BCUT2D eigenvalue weighted by Gasteiger charge is 2.09. The number of hydrogen-bond donors (Lipinski definition) is 1. The highest BCUT2D eigenvalue weighted by atomic mass is 127. The fourth-order valence-electron chi connectivity index (χ4n) is 2.24. The fourth-order valence-corrected chi connectivity index (χ4v) is 3.50. The van der Waals surface area contributed by atoms with Gasteiger partial charge in [0.25, 0.3) is 5.91 Å². The Balaban J connectivity index is 1.59.